The minimum Gasteiger partial charge on any atom is -0.379 e. The van der Waals surface area contributed by atoms with Gasteiger partial charge in [-0.1, -0.05) is 28.1 Å². The number of hydrogen-bond acceptors (Lipinski definition) is 3. The lowest BCUT2D eigenvalue weighted by Crippen LogP contribution is -2.54. The summed E-state index contributed by atoms with van der Waals surface area (Å²) in [6.07, 6.45) is 0. The highest BCUT2D eigenvalue weighted by molar-refractivity contribution is 9.10. The van der Waals surface area contributed by atoms with Crippen LogP contribution in [-0.2, 0) is 4.74 Å². The van der Waals surface area contributed by atoms with Gasteiger partial charge < -0.3 is 10.1 Å². The van der Waals surface area contributed by atoms with E-state index >= 15 is 0 Å². The molecule has 0 radical (unpaired) electrons. The minimum atomic E-state index is 0.160. The van der Waals surface area contributed by atoms with Crippen LogP contribution in [0.15, 0.2) is 28.7 Å². The van der Waals surface area contributed by atoms with Gasteiger partial charge in [-0.15, -0.1) is 0 Å². The van der Waals surface area contributed by atoms with Crippen LogP contribution in [-0.4, -0.2) is 43.3 Å². The van der Waals surface area contributed by atoms with Crippen molar-refractivity contribution < 1.29 is 4.74 Å². The number of nitrogens with one attached hydrogen (secondary N) is 1. The molecule has 1 fully saturated rings. The molecule has 20 heavy (non-hydrogen) atoms. The van der Waals surface area contributed by atoms with Gasteiger partial charge in [0.1, 0.15) is 0 Å². The number of ether oxygens (including phenoxy) is 1. The van der Waals surface area contributed by atoms with Crippen molar-refractivity contribution in [3.63, 3.8) is 0 Å². The quantitative estimate of drug-likeness (QED) is 0.890. The first-order chi connectivity index (χ1) is 9.49. The fourth-order valence-corrected chi connectivity index (χ4v) is 2.82. The monoisotopic (exact) mass is 340 g/mol. The average Bonchev–Trinajstić information content (AvgIpc) is 2.46. The molecule has 1 unspecified atom stereocenters. The number of nitrogens with zero attached hydrogens (tertiary/aromatic N) is 1. The van der Waals surface area contributed by atoms with E-state index in [0.717, 1.165) is 37.3 Å². The molecule has 1 aliphatic heterocycles. The van der Waals surface area contributed by atoms with Gasteiger partial charge in [0.25, 0.3) is 0 Å². The van der Waals surface area contributed by atoms with Crippen LogP contribution in [0.5, 0.6) is 0 Å². The molecule has 0 aliphatic carbocycles. The molecule has 0 aromatic heterocycles. The third-order valence-corrected chi connectivity index (χ3v) is 4.61. The fraction of sp³-hybridized carbons (Fsp3) is 0.625. The van der Waals surface area contributed by atoms with E-state index in [1.165, 1.54) is 5.56 Å². The Morgan fingerprint density at radius 3 is 2.45 bits per heavy atom. The number of halogens is 1. The zero-order valence-electron chi connectivity index (χ0n) is 12.7. The summed E-state index contributed by atoms with van der Waals surface area (Å²) >= 11 is 3.48. The molecule has 1 atom stereocenters. The van der Waals surface area contributed by atoms with Gasteiger partial charge in [-0.05, 0) is 38.5 Å². The Hall–Kier alpha value is -0.420. The van der Waals surface area contributed by atoms with Crippen molar-refractivity contribution in [3.8, 4) is 0 Å². The number of benzene rings is 1. The maximum absolute atomic E-state index is 5.43. The smallest absolute Gasteiger partial charge is 0.0594 e. The van der Waals surface area contributed by atoms with Crippen molar-refractivity contribution in [1.82, 2.24) is 10.2 Å². The molecule has 1 aromatic carbocycles. The lowest BCUT2D eigenvalue weighted by molar-refractivity contribution is -0.0102. The predicted octanol–water partition coefficient (Wildman–Crippen LogP) is 3.21. The first-order valence-electron chi connectivity index (χ1n) is 7.31. The maximum Gasteiger partial charge on any atom is 0.0594 e. The van der Waals surface area contributed by atoms with Crippen molar-refractivity contribution >= 4 is 15.9 Å². The van der Waals surface area contributed by atoms with Gasteiger partial charge >= 0.3 is 0 Å². The molecule has 112 valence electrons. The summed E-state index contributed by atoms with van der Waals surface area (Å²) < 4.78 is 6.56. The first-order valence-corrected chi connectivity index (χ1v) is 8.10. The van der Waals surface area contributed by atoms with Crippen molar-refractivity contribution in [2.75, 3.05) is 32.8 Å². The van der Waals surface area contributed by atoms with E-state index in [9.17, 15) is 0 Å². The van der Waals surface area contributed by atoms with Crippen LogP contribution in [0.4, 0.5) is 0 Å². The molecule has 0 spiro atoms. The Balaban J connectivity index is 1.88. The third-order valence-electron chi connectivity index (χ3n) is 4.08. The molecule has 1 heterocycles. The molecule has 1 N–H and O–H groups in total. The zero-order chi connectivity index (χ0) is 14.6. The van der Waals surface area contributed by atoms with Gasteiger partial charge in [0.2, 0.25) is 0 Å². The minimum absolute atomic E-state index is 0.160. The van der Waals surface area contributed by atoms with Crippen LogP contribution in [0.1, 0.15) is 32.4 Å². The molecule has 1 aliphatic rings. The molecule has 0 saturated carbocycles. The summed E-state index contributed by atoms with van der Waals surface area (Å²) in [4.78, 5) is 2.51. The van der Waals surface area contributed by atoms with Crippen LogP contribution in [0.2, 0.25) is 0 Å². The molecule has 2 rings (SSSR count). The Bertz CT molecular complexity index is 413. The highest BCUT2D eigenvalue weighted by Gasteiger charge is 2.28. The molecule has 1 aromatic rings. The SMILES string of the molecule is CC(NCC(C)(C)N1CCOCC1)c1ccc(Br)cc1. The number of hydrogen-bond donors (Lipinski definition) is 1. The zero-order valence-corrected chi connectivity index (χ0v) is 14.2. The van der Waals surface area contributed by atoms with E-state index in [1.807, 2.05) is 0 Å². The summed E-state index contributed by atoms with van der Waals surface area (Å²) in [6, 6.07) is 8.90. The summed E-state index contributed by atoms with van der Waals surface area (Å²) in [7, 11) is 0. The van der Waals surface area contributed by atoms with E-state index in [1.54, 1.807) is 0 Å². The third kappa shape index (κ3) is 4.29. The van der Waals surface area contributed by atoms with E-state index < -0.39 is 0 Å². The van der Waals surface area contributed by atoms with Crippen molar-refractivity contribution in [2.45, 2.75) is 32.4 Å². The first kappa shape index (κ1) is 16.0. The number of rotatable bonds is 5. The lowest BCUT2D eigenvalue weighted by atomic mass is 10.0. The molecular weight excluding hydrogens is 316 g/mol. The van der Waals surface area contributed by atoms with Gasteiger partial charge in [-0.2, -0.15) is 0 Å². The Morgan fingerprint density at radius 2 is 1.85 bits per heavy atom. The van der Waals surface area contributed by atoms with Gasteiger partial charge in [0.15, 0.2) is 0 Å². The van der Waals surface area contributed by atoms with E-state index in [-0.39, 0.29) is 5.54 Å². The molecule has 0 bridgehead atoms. The van der Waals surface area contributed by atoms with Crippen LogP contribution in [0, 0.1) is 0 Å². The summed E-state index contributed by atoms with van der Waals surface area (Å²) in [6.45, 7) is 11.6. The largest absolute Gasteiger partial charge is 0.379 e. The predicted molar refractivity (Wildman–Crippen MR) is 87.0 cm³/mol. The number of morpholine rings is 1. The van der Waals surface area contributed by atoms with Crippen molar-refractivity contribution in [2.24, 2.45) is 0 Å². The van der Waals surface area contributed by atoms with Crippen LogP contribution in [0.3, 0.4) is 0 Å². The van der Waals surface area contributed by atoms with Gasteiger partial charge in [-0.3, -0.25) is 4.90 Å². The highest BCUT2D eigenvalue weighted by atomic mass is 79.9. The van der Waals surface area contributed by atoms with E-state index in [4.69, 9.17) is 4.74 Å². The Kier molecular flexibility index (Phi) is 5.61. The summed E-state index contributed by atoms with van der Waals surface area (Å²) in [5, 5.41) is 3.66. The molecule has 0 amide bonds. The topological polar surface area (TPSA) is 24.5 Å². The molecule has 4 heteroatoms. The fourth-order valence-electron chi connectivity index (χ4n) is 2.55. The second-order valence-electron chi connectivity index (χ2n) is 6.07. The summed E-state index contributed by atoms with van der Waals surface area (Å²) in [5.74, 6) is 0. The average molecular weight is 341 g/mol. The normalized spacial score (nSPS) is 19.0. The highest BCUT2D eigenvalue weighted by Crippen LogP contribution is 2.19. The van der Waals surface area contributed by atoms with Crippen LogP contribution in [0.25, 0.3) is 0 Å². The second kappa shape index (κ2) is 7.03. The van der Waals surface area contributed by atoms with Crippen LogP contribution < -0.4 is 5.32 Å². The van der Waals surface area contributed by atoms with Crippen molar-refractivity contribution in [1.29, 1.82) is 0 Å². The van der Waals surface area contributed by atoms with Crippen LogP contribution >= 0.6 is 15.9 Å². The maximum atomic E-state index is 5.43. The summed E-state index contributed by atoms with van der Waals surface area (Å²) in [5.41, 5.74) is 1.49. The van der Waals surface area contributed by atoms with Gasteiger partial charge in [0, 0.05) is 35.7 Å². The Labute approximate surface area is 130 Å². The van der Waals surface area contributed by atoms with E-state index in [0.29, 0.717) is 6.04 Å². The van der Waals surface area contributed by atoms with E-state index in [2.05, 4.69) is 71.2 Å². The van der Waals surface area contributed by atoms with Gasteiger partial charge in [0.05, 0.1) is 13.2 Å². The lowest BCUT2D eigenvalue weighted by Gasteiger charge is -2.41. The molecule has 3 nitrogen and oxygen atoms in total. The second-order valence-corrected chi connectivity index (χ2v) is 6.98. The standard InChI is InChI=1S/C16H25BrN2O/c1-13(14-4-6-15(17)7-5-14)18-12-16(2,3)19-8-10-20-11-9-19/h4-7,13,18H,8-12H2,1-3H3. The Morgan fingerprint density at radius 1 is 1.25 bits per heavy atom. The molecule has 1 saturated heterocycles. The van der Waals surface area contributed by atoms with Gasteiger partial charge in [-0.25, -0.2) is 0 Å². The van der Waals surface area contributed by atoms with Crippen molar-refractivity contribution in [3.05, 3.63) is 34.3 Å². The molecular formula is C16H25BrN2O.